The Balaban J connectivity index is 1.26. The van der Waals surface area contributed by atoms with Crippen molar-refractivity contribution >= 4 is 34.7 Å². The van der Waals surface area contributed by atoms with Crippen LogP contribution in [0.25, 0.3) is 0 Å². The zero-order valence-electron chi connectivity index (χ0n) is 17.1. The topological polar surface area (TPSA) is 85.4 Å². The van der Waals surface area contributed by atoms with Gasteiger partial charge < -0.3 is 10.1 Å². The molecule has 30 heavy (non-hydrogen) atoms. The second-order valence-electron chi connectivity index (χ2n) is 8.28. The second-order valence-corrected chi connectivity index (χ2v) is 9.22. The van der Waals surface area contributed by atoms with Crippen molar-refractivity contribution in [3.8, 4) is 0 Å². The summed E-state index contributed by atoms with van der Waals surface area (Å²) in [7, 11) is 0. The van der Waals surface area contributed by atoms with E-state index in [4.69, 9.17) is 4.74 Å². The first kappa shape index (κ1) is 20.7. The van der Waals surface area contributed by atoms with E-state index in [1.54, 1.807) is 0 Å². The zero-order valence-corrected chi connectivity index (χ0v) is 17.9. The molecular weight excluding hydrogens is 400 g/mol. The minimum atomic E-state index is -0.230. The number of Topliss-reactive ketones (excluding diaryl/α,β-unsaturated/α-hetero) is 1. The Bertz CT molecular complexity index is 938. The van der Waals surface area contributed by atoms with Gasteiger partial charge in [-0.3, -0.25) is 14.4 Å². The molecule has 7 heteroatoms. The number of benzene rings is 1. The highest BCUT2D eigenvalue weighted by Gasteiger charge is 2.41. The Morgan fingerprint density at radius 1 is 1.20 bits per heavy atom. The lowest BCUT2D eigenvalue weighted by atomic mass is 9.67. The molecule has 4 rings (SSSR count). The van der Waals surface area contributed by atoms with E-state index in [-0.39, 0.29) is 42.7 Å². The van der Waals surface area contributed by atoms with Crippen molar-refractivity contribution in [1.82, 2.24) is 4.98 Å². The maximum atomic E-state index is 12.5. The summed E-state index contributed by atoms with van der Waals surface area (Å²) < 4.78 is 5.49. The maximum absolute atomic E-state index is 12.5. The molecule has 1 aromatic heterocycles. The Morgan fingerprint density at radius 2 is 1.93 bits per heavy atom. The first-order valence-corrected chi connectivity index (χ1v) is 11.4. The molecule has 158 valence electrons. The van der Waals surface area contributed by atoms with Gasteiger partial charge in [0.1, 0.15) is 17.4 Å². The van der Waals surface area contributed by atoms with Crippen LogP contribution < -0.4 is 5.32 Å². The van der Waals surface area contributed by atoms with E-state index in [2.05, 4.69) is 10.3 Å². The number of nitrogens with one attached hydrogen (secondary N) is 1. The van der Waals surface area contributed by atoms with Crippen LogP contribution in [0.15, 0.2) is 29.6 Å². The van der Waals surface area contributed by atoms with Crippen LogP contribution in [0.4, 0.5) is 5.69 Å². The average Bonchev–Trinajstić information content (AvgIpc) is 3.15. The van der Waals surface area contributed by atoms with Crippen molar-refractivity contribution in [3.63, 3.8) is 0 Å². The van der Waals surface area contributed by atoms with Crippen molar-refractivity contribution in [2.45, 2.75) is 52.1 Å². The first-order chi connectivity index (χ1) is 14.5. The molecule has 2 saturated carbocycles. The number of fused-ring (bicyclic) bond motifs is 2. The van der Waals surface area contributed by atoms with Gasteiger partial charge in [0.2, 0.25) is 5.91 Å². The molecular formula is C23H26N2O4S. The average molecular weight is 427 g/mol. The molecule has 2 aliphatic carbocycles. The van der Waals surface area contributed by atoms with Crippen LogP contribution in [-0.4, -0.2) is 22.6 Å². The number of hydrogen-bond donors (Lipinski definition) is 1. The number of ketones is 1. The summed E-state index contributed by atoms with van der Waals surface area (Å²) in [4.78, 5) is 41.4. The Hall–Kier alpha value is -2.54. The smallest absolute Gasteiger partial charge is 0.309 e. The first-order valence-electron chi connectivity index (χ1n) is 10.5. The molecule has 0 aliphatic heterocycles. The number of anilines is 1. The van der Waals surface area contributed by atoms with Gasteiger partial charge in [0.05, 0.1) is 18.0 Å². The highest BCUT2D eigenvalue weighted by molar-refractivity contribution is 7.09. The van der Waals surface area contributed by atoms with E-state index in [9.17, 15) is 14.4 Å². The van der Waals surface area contributed by atoms with Gasteiger partial charge in [0.15, 0.2) is 0 Å². The number of nitrogens with zero attached hydrogens (tertiary/aromatic N) is 1. The molecule has 2 aromatic rings. The fraction of sp³-hybridized carbons (Fsp3) is 0.478. The summed E-state index contributed by atoms with van der Waals surface area (Å²) >= 11 is 1.39. The Labute approximate surface area is 180 Å². The van der Waals surface area contributed by atoms with E-state index in [0.29, 0.717) is 29.3 Å². The minimum absolute atomic E-state index is 0.0349. The molecule has 0 radical (unpaired) electrons. The SMILES string of the molecule is Cc1ccccc1NC(=O)Cc1nc(COC(=O)C2C[C@H]3CCC[C@H](C2)C3=O)cs1. The number of rotatable bonds is 6. The van der Waals surface area contributed by atoms with Crippen molar-refractivity contribution in [2.24, 2.45) is 17.8 Å². The molecule has 1 heterocycles. The van der Waals surface area contributed by atoms with E-state index in [0.717, 1.165) is 30.5 Å². The number of ether oxygens (including phenoxy) is 1. The van der Waals surface area contributed by atoms with Crippen LogP contribution in [0.1, 0.15) is 48.4 Å². The molecule has 6 nitrogen and oxygen atoms in total. The predicted octanol–water partition coefficient (Wildman–Crippen LogP) is 4.07. The predicted molar refractivity (Wildman–Crippen MR) is 114 cm³/mol. The van der Waals surface area contributed by atoms with Gasteiger partial charge in [-0.2, -0.15) is 0 Å². The number of aryl methyl sites for hydroxylation is 1. The highest BCUT2D eigenvalue weighted by Crippen LogP contribution is 2.40. The summed E-state index contributed by atoms with van der Waals surface area (Å²) in [5.41, 5.74) is 2.45. The van der Waals surface area contributed by atoms with Crippen molar-refractivity contribution < 1.29 is 19.1 Å². The van der Waals surface area contributed by atoms with E-state index in [1.807, 2.05) is 36.6 Å². The molecule has 2 atom stereocenters. The van der Waals surface area contributed by atoms with E-state index < -0.39 is 0 Å². The van der Waals surface area contributed by atoms with Gasteiger partial charge >= 0.3 is 5.97 Å². The number of amides is 1. The van der Waals surface area contributed by atoms with Crippen LogP contribution in [0, 0.1) is 24.7 Å². The fourth-order valence-electron chi connectivity index (χ4n) is 4.48. The molecule has 1 aromatic carbocycles. The summed E-state index contributed by atoms with van der Waals surface area (Å²) in [6.45, 7) is 2.05. The van der Waals surface area contributed by atoms with Crippen LogP contribution in [0.3, 0.4) is 0 Å². The second kappa shape index (κ2) is 9.08. The third-order valence-corrected chi connectivity index (χ3v) is 6.97. The molecule has 2 aliphatic rings. The lowest BCUT2D eigenvalue weighted by Crippen LogP contribution is -2.39. The maximum Gasteiger partial charge on any atom is 0.309 e. The van der Waals surface area contributed by atoms with Gasteiger partial charge in [-0.15, -0.1) is 11.3 Å². The van der Waals surface area contributed by atoms with E-state index >= 15 is 0 Å². The largest absolute Gasteiger partial charge is 0.459 e. The van der Waals surface area contributed by atoms with Gasteiger partial charge in [-0.05, 0) is 44.2 Å². The number of hydrogen-bond acceptors (Lipinski definition) is 6. The van der Waals surface area contributed by atoms with E-state index in [1.165, 1.54) is 11.3 Å². The van der Waals surface area contributed by atoms with Crippen molar-refractivity contribution in [3.05, 3.63) is 45.9 Å². The molecule has 0 unspecified atom stereocenters. The van der Waals surface area contributed by atoms with Gasteiger partial charge in [-0.1, -0.05) is 24.6 Å². The number of para-hydroxylation sites is 1. The van der Waals surface area contributed by atoms with Crippen LogP contribution in [0.2, 0.25) is 0 Å². The van der Waals surface area contributed by atoms with Gasteiger partial charge in [-0.25, -0.2) is 4.98 Å². The van der Waals surface area contributed by atoms with Crippen molar-refractivity contribution in [2.75, 3.05) is 5.32 Å². The number of aromatic nitrogens is 1. The minimum Gasteiger partial charge on any atom is -0.459 e. The van der Waals surface area contributed by atoms with Gasteiger partial charge in [0.25, 0.3) is 0 Å². The standard InChI is InChI=1S/C23H26N2O4S/c1-14-5-2-3-8-19(14)25-20(26)11-21-24-18(13-30-21)12-29-23(28)17-9-15-6-4-7-16(10-17)22(15)27/h2-3,5,8,13,15-17H,4,6-7,9-12H2,1H3,(H,25,26)/t15-,16-/m1/s1. The monoisotopic (exact) mass is 426 g/mol. The van der Waals surface area contributed by atoms with Gasteiger partial charge in [0, 0.05) is 22.9 Å². The summed E-state index contributed by atoms with van der Waals surface area (Å²) in [5.74, 6) is -0.123. The van der Waals surface area contributed by atoms with Crippen molar-refractivity contribution in [1.29, 1.82) is 0 Å². The highest BCUT2D eigenvalue weighted by atomic mass is 32.1. The third-order valence-electron chi connectivity index (χ3n) is 6.07. The molecule has 0 saturated heterocycles. The third kappa shape index (κ3) is 4.78. The van der Waals surface area contributed by atoms with Crippen LogP contribution in [-0.2, 0) is 32.1 Å². The number of thiazole rings is 1. The number of esters is 1. The number of carbonyl (C=O) groups excluding carboxylic acids is 3. The molecule has 0 spiro atoms. The molecule has 2 fully saturated rings. The van der Waals surface area contributed by atoms with Crippen LogP contribution in [0.5, 0.6) is 0 Å². The molecule has 2 bridgehead atoms. The fourth-order valence-corrected chi connectivity index (χ4v) is 5.25. The molecule has 1 N–H and O–H groups in total. The summed E-state index contributed by atoms with van der Waals surface area (Å²) in [6.07, 6.45) is 4.31. The quantitative estimate of drug-likeness (QED) is 0.704. The van der Waals surface area contributed by atoms with Crippen LogP contribution >= 0.6 is 11.3 Å². The lowest BCUT2D eigenvalue weighted by Gasteiger charge is -2.36. The summed E-state index contributed by atoms with van der Waals surface area (Å²) in [5, 5.41) is 5.41. The number of carbonyl (C=O) groups is 3. The summed E-state index contributed by atoms with van der Waals surface area (Å²) in [6, 6.07) is 7.62. The molecule has 1 amide bonds. The zero-order chi connectivity index (χ0) is 21.1. The lowest BCUT2D eigenvalue weighted by molar-refractivity contribution is -0.154. The normalized spacial score (nSPS) is 23.1. The Kier molecular flexibility index (Phi) is 6.27. The Morgan fingerprint density at radius 3 is 2.67 bits per heavy atom.